The summed E-state index contributed by atoms with van der Waals surface area (Å²) >= 11 is 5.97. The van der Waals surface area contributed by atoms with E-state index in [2.05, 4.69) is 10.1 Å². The van der Waals surface area contributed by atoms with Crippen molar-refractivity contribution in [2.75, 3.05) is 18.7 Å². The van der Waals surface area contributed by atoms with Gasteiger partial charge in [-0.25, -0.2) is 4.79 Å². The molecule has 0 aliphatic carbocycles. The van der Waals surface area contributed by atoms with Crippen LogP contribution in [0.4, 0.5) is 10.5 Å². The van der Waals surface area contributed by atoms with Crippen LogP contribution in [0.5, 0.6) is 0 Å². The summed E-state index contributed by atoms with van der Waals surface area (Å²) in [5, 5.41) is 3.25. The maximum Gasteiger partial charge on any atom is 0.411 e. The molecule has 0 radical (unpaired) electrons. The fourth-order valence-electron chi connectivity index (χ4n) is 0.904. The lowest BCUT2D eigenvalue weighted by Crippen LogP contribution is -2.10. The summed E-state index contributed by atoms with van der Waals surface area (Å²) in [4.78, 5) is 11.9. The largest absolute Gasteiger partial charge is 0.453 e. The molecule has 0 aromatic heterocycles. The maximum absolute atomic E-state index is 11.0. The number of methoxy groups -OCH3 is 1. The van der Waals surface area contributed by atoms with Crippen molar-refractivity contribution in [2.45, 2.75) is 4.90 Å². The van der Waals surface area contributed by atoms with Gasteiger partial charge in [-0.15, -0.1) is 0 Å². The van der Waals surface area contributed by atoms with Crippen molar-refractivity contribution in [3.8, 4) is 0 Å². The molecule has 6 heteroatoms. The first-order chi connectivity index (χ1) is 7.17. The third kappa shape index (κ3) is 3.85. The minimum Gasteiger partial charge on any atom is -0.453 e. The van der Waals surface area contributed by atoms with Crippen LogP contribution < -0.4 is 5.32 Å². The number of amides is 1. The molecule has 0 spiro atoms. The molecule has 1 rings (SSSR count). The summed E-state index contributed by atoms with van der Waals surface area (Å²) in [6.07, 6.45) is 1.47. The van der Waals surface area contributed by atoms with Gasteiger partial charge in [0.15, 0.2) is 0 Å². The van der Waals surface area contributed by atoms with Crippen LogP contribution in [0.25, 0.3) is 0 Å². The monoisotopic (exact) mass is 263 g/mol. The number of rotatable bonds is 3. The Kier molecular flexibility index (Phi) is 5.14. The SMILES string of the molecule is COC(=O)Nc1ccc(Cl)c(SSC)c1. The molecule has 0 bridgehead atoms. The predicted molar refractivity (Wildman–Crippen MR) is 66.9 cm³/mol. The van der Waals surface area contributed by atoms with E-state index >= 15 is 0 Å². The van der Waals surface area contributed by atoms with E-state index in [1.165, 1.54) is 7.11 Å². The van der Waals surface area contributed by atoms with E-state index in [-0.39, 0.29) is 0 Å². The fourth-order valence-corrected chi connectivity index (χ4v) is 2.73. The smallest absolute Gasteiger partial charge is 0.411 e. The molecule has 82 valence electrons. The van der Waals surface area contributed by atoms with Gasteiger partial charge in [-0.1, -0.05) is 33.2 Å². The van der Waals surface area contributed by atoms with Gasteiger partial charge in [0.25, 0.3) is 0 Å². The first-order valence-electron chi connectivity index (χ1n) is 4.02. The van der Waals surface area contributed by atoms with Gasteiger partial charge in [0.2, 0.25) is 0 Å². The molecular weight excluding hydrogens is 254 g/mol. The van der Waals surface area contributed by atoms with Crippen LogP contribution in [0.3, 0.4) is 0 Å². The number of halogens is 1. The van der Waals surface area contributed by atoms with Crippen LogP contribution >= 0.6 is 33.2 Å². The van der Waals surface area contributed by atoms with E-state index in [1.54, 1.807) is 39.8 Å². The Morgan fingerprint density at radius 2 is 2.27 bits per heavy atom. The molecule has 0 fully saturated rings. The normalized spacial score (nSPS) is 9.80. The van der Waals surface area contributed by atoms with Crippen molar-refractivity contribution in [3.63, 3.8) is 0 Å². The van der Waals surface area contributed by atoms with Crippen LogP contribution in [0.15, 0.2) is 23.1 Å². The second kappa shape index (κ2) is 6.15. The van der Waals surface area contributed by atoms with E-state index in [1.807, 2.05) is 6.26 Å². The Bertz CT molecular complexity index is 360. The minimum absolute atomic E-state index is 0.488. The van der Waals surface area contributed by atoms with Crippen LogP contribution in [0.1, 0.15) is 0 Å². The number of carbonyl (C=O) groups is 1. The van der Waals surface area contributed by atoms with Gasteiger partial charge in [0.1, 0.15) is 0 Å². The lowest BCUT2D eigenvalue weighted by molar-refractivity contribution is 0.187. The third-order valence-corrected chi connectivity index (χ3v) is 3.70. The Hall–Kier alpha value is -0.520. The summed E-state index contributed by atoms with van der Waals surface area (Å²) in [5.74, 6) is 0. The highest BCUT2D eigenvalue weighted by molar-refractivity contribution is 8.76. The van der Waals surface area contributed by atoms with Crippen molar-refractivity contribution in [2.24, 2.45) is 0 Å². The van der Waals surface area contributed by atoms with E-state index in [4.69, 9.17) is 11.6 Å². The summed E-state index contributed by atoms with van der Waals surface area (Å²) in [6.45, 7) is 0. The molecule has 1 amide bonds. The van der Waals surface area contributed by atoms with Gasteiger partial charge in [-0.2, -0.15) is 0 Å². The fraction of sp³-hybridized carbons (Fsp3) is 0.222. The molecule has 0 aliphatic rings. The number of carbonyl (C=O) groups excluding carboxylic acids is 1. The number of ether oxygens (including phenoxy) is 1. The third-order valence-electron chi connectivity index (χ3n) is 1.54. The van der Waals surface area contributed by atoms with Crippen LogP contribution in [0.2, 0.25) is 5.02 Å². The number of anilines is 1. The van der Waals surface area contributed by atoms with Gasteiger partial charge in [-0.05, 0) is 24.5 Å². The number of nitrogens with one attached hydrogen (secondary N) is 1. The lowest BCUT2D eigenvalue weighted by Gasteiger charge is -2.06. The van der Waals surface area contributed by atoms with E-state index in [9.17, 15) is 4.79 Å². The van der Waals surface area contributed by atoms with Crippen LogP contribution in [0, 0.1) is 0 Å². The Balaban J connectivity index is 2.82. The minimum atomic E-state index is -0.488. The zero-order valence-electron chi connectivity index (χ0n) is 8.24. The molecule has 0 saturated heterocycles. The Morgan fingerprint density at radius 1 is 1.53 bits per heavy atom. The summed E-state index contributed by atoms with van der Waals surface area (Å²) in [7, 11) is 4.46. The van der Waals surface area contributed by atoms with Gasteiger partial charge < -0.3 is 4.74 Å². The average Bonchev–Trinajstić information content (AvgIpc) is 2.23. The van der Waals surface area contributed by atoms with Gasteiger partial charge in [0.05, 0.1) is 12.1 Å². The molecule has 15 heavy (non-hydrogen) atoms. The van der Waals surface area contributed by atoms with E-state index in [0.29, 0.717) is 10.7 Å². The molecule has 1 aromatic rings. The number of hydrogen-bond donors (Lipinski definition) is 1. The standard InChI is InChI=1S/C9H10ClNO2S2/c1-13-9(12)11-6-3-4-7(10)8(5-6)15-14-2/h3-5H,1-2H3,(H,11,12). The summed E-state index contributed by atoms with van der Waals surface area (Å²) in [5.41, 5.74) is 0.669. The first-order valence-corrected chi connectivity index (χ1v) is 6.96. The topological polar surface area (TPSA) is 38.3 Å². The zero-order valence-corrected chi connectivity index (χ0v) is 10.6. The molecule has 0 aliphatic heterocycles. The molecule has 0 unspecified atom stereocenters. The molecular formula is C9H10ClNO2S2. The molecule has 0 heterocycles. The van der Waals surface area contributed by atoms with E-state index < -0.39 is 6.09 Å². The van der Waals surface area contributed by atoms with Gasteiger partial charge in [0, 0.05) is 10.6 Å². The lowest BCUT2D eigenvalue weighted by atomic mass is 10.3. The second-order valence-corrected chi connectivity index (χ2v) is 5.36. The van der Waals surface area contributed by atoms with Crippen LogP contribution in [-0.4, -0.2) is 19.5 Å². The first kappa shape index (κ1) is 12.5. The molecule has 1 aromatic carbocycles. The Labute approximate surface area is 101 Å². The van der Waals surface area contributed by atoms with Crippen molar-refractivity contribution >= 4 is 45.0 Å². The van der Waals surface area contributed by atoms with Crippen molar-refractivity contribution in [1.29, 1.82) is 0 Å². The highest BCUT2D eigenvalue weighted by atomic mass is 35.5. The van der Waals surface area contributed by atoms with Crippen molar-refractivity contribution < 1.29 is 9.53 Å². The van der Waals surface area contributed by atoms with Crippen molar-refractivity contribution in [3.05, 3.63) is 23.2 Å². The van der Waals surface area contributed by atoms with E-state index in [0.717, 1.165) is 4.90 Å². The zero-order chi connectivity index (χ0) is 11.3. The Morgan fingerprint density at radius 3 is 2.87 bits per heavy atom. The maximum atomic E-state index is 11.0. The average molecular weight is 264 g/mol. The number of benzene rings is 1. The summed E-state index contributed by atoms with van der Waals surface area (Å²) < 4.78 is 4.49. The molecule has 0 saturated carbocycles. The molecule has 3 nitrogen and oxygen atoms in total. The van der Waals surface area contributed by atoms with Gasteiger partial charge in [-0.3, -0.25) is 5.32 Å². The molecule has 0 atom stereocenters. The highest BCUT2D eigenvalue weighted by Crippen LogP contribution is 2.35. The highest BCUT2D eigenvalue weighted by Gasteiger charge is 2.05. The van der Waals surface area contributed by atoms with Crippen LogP contribution in [-0.2, 0) is 4.74 Å². The second-order valence-electron chi connectivity index (χ2n) is 2.51. The summed E-state index contributed by atoms with van der Waals surface area (Å²) in [6, 6.07) is 5.27. The number of hydrogen-bond acceptors (Lipinski definition) is 4. The van der Waals surface area contributed by atoms with Crippen molar-refractivity contribution in [1.82, 2.24) is 0 Å². The molecule has 1 N–H and O–H groups in total. The van der Waals surface area contributed by atoms with Gasteiger partial charge >= 0.3 is 6.09 Å². The quantitative estimate of drug-likeness (QED) is 0.840. The predicted octanol–water partition coefficient (Wildman–Crippen LogP) is 3.89.